The molecule has 2 saturated heterocycles. The molecular weight excluding hydrogens is 292 g/mol. The number of nitrogens with one attached hydrogen (secondary N) is 2. The Hall–Kier alpha value is -1.56. The molecule has 23 heavy (non-hydrogen) atoms. The van der Waals surface area contributed by atoms with Crippen LogP contribution in [0, 0.1) is 13.8 Å². The van der Waals surface area contributed by atoms with E-state index in [9.17, 15) is 0 Å². The van der Waals surface area contributed by atoms with Crippen LogP contribution in [0.25, 0.3) is 0 Å². The normalized spacial score (nSPS) is 26.7. The highest BCUT2D eigenvalue weighted by Gasteiger charge is 2.41. The highest BCUT2D eigenvalue weighted by Crippen LogP contribution is 2.34. The van der Waals surface area contributed by atoms with Gasteiger partial charge in [-0.3, -0.25) is 4.99 Å². The molecule has 6 nitrogen and oxygen atoms in total. The number of aliphatic imine (C=N–C) groups is 1. The lowest BCUT2D eigenvalue weighted by Crippen LogP contribution is -2.47. The summed E-state index contributed by atoms with van der Waals surface area (Å²) >= 11 is 0. The summed E-state index contributed by atoms with van der Waals surface area (Å²) in [7, 11) is 0. The van der Waals surface area contributed by atoms with Gasteiger partial charge in [-0.05, 0) is 52.9 Å². The molecule has 0 saturated carbocycles. The minimum atomic E-state index is 0.367. The van der Waals surface area contributed by atoms with E-state index in [0.29, 0.717) is 18.2 Å². The van der Waals surface area contributed by atoms with Crippen molar-refractivity contribution >= 4 is 5.96 Å². The molecule has 128 valence electrons. The van der Waals surface area contributed by atoms with Gasteiger partial charge in [-0.2, -0.15) is 0 Å². The zero-order chi connectivity index (χ0) is 16.2. The standard InChI is InChI=1S/C17H28N4O2/c1-4-18-17(20-15-10-13-7-8-16(15)22-13)19-9-5-6-14-11(2)21-23-12(14)3/h13,15-16H,4-10H2,1-3H3,(H2,18,19,20). The van der Waals surface area contributed by atoms with E-state index in [1.807, 2.05) is 13.8 Å². The highest BCUT2D eigenvalue weighted by molar-refractivity contribution is 5.80. The summed E-state index contributed by atoms with van der Waals surface area (Å²) in [6.07, 6.45) is 6.27. The van der Waals surface area contributed by atoms with Crippen LogP contribution >= 0.6 is 0 Å². The van der Waals surface area contributed by atoms with Crippen LogP contribution < -0.4 is 10.6 Å². The van der Waals surface area contributed by atoms with Gasteiger partial charge in [0.2, 0.25) is 0 Å². The van der Waals surface area contributed by atoms with Gasteiger partial charge in [-0.25, -0.2) is 0 Å². The molecule has 1 aromatic heterocycles. The number of rotatable bonds is 6. The summed E-state index contributed by atoms with van der Waals surface area (Å²) in [5.41, 5.74) is 2.22. The Kier molecular flexibility index (Phi) is 5.20. The lowest BCUT2D eigenvalue weighted by Gasteiger charge is -2.22. The van der Waals surface area contributed by atoms with Crippen LogP contribution in [0.2, 0.25) is 0 Å². The van der Waals surface area contributed by atoms with Crippen molar-refractivity contribution in [2.75, 3.05) is 13.1 Å². The molecule has 2 bridgehead atoms. The van der Waals surface area contributed by atoms with Crippen LogP contribution in [0.4, 0.5) is 0 Å². The summed E-state index contributed by atoms with van der Waals surface area (Å²) < 4.78 is 11.1. The second-order valence-corrected chi connectivity index (χ2v) is 6.53. The summed E-state index contributed by atoms with van der Waals surface area (Å²) in [4.78, 5) is 4.71. The first kappa shape index (κ1) is 16.3. The van der Waals surface area contributed by atoms with Gasteiger partial charge in [0.05, 0.1) is 23.9 Å². The molecular formula is C17H28N4O2. The third-order valence-corrected chi connectivity index (χ3v) is 4.81. The van der Waals surface area contributed by atoms with Crippen LogP contribution in [0.5, 0.6) is 0 Å². The summed E-state index contributed by atoms with van der Waals surface area (Å²) in [5.74, 6) is 1.84. The van der Waals surface area contributed by atoms with Crippen molar-refractivity contribution in [1.29, 1.82) is 0 Å². The Labute approximate surface area is 138 Å². The van der Waals surface area contributed by atoms with E-state index < -0.39 is 0 Å². The molecule has 3 heterocycles. The van der Waals surface area contributed by atoms with Gasteiger partial charge in [0, 0.05) is 18.7 Å². The molecule has 0 aliphatic carbocycles. The minimum absolute atomic E-state index is 0.367. The Morgan fingerprint density at radius 3 is 2.83 bits per heavy atom. The first-order valence-corrected chi connectivity index (χ1v) is 8.79. The number of fused-ring (bicyclic) bond motifs is 2. The van der Waals surface area contributed by atoms with Crippen molar-refractivity contribution in [1.82, 2.24) is 15.8 Å². The van der Waals surface area contributed by atoms with Gasteiger partial charge in [-0.1, -0.05) is 5.16 Å². The molecule has 2 fully saturated rings. The number of aryl methyl sites for hydroxylation is 2. The molecule has 0 radical (unpaired) electrons. The van der Waals surface area contributed by atoms with Crippen LogP contribution in [-0.2, 0) is 11.2 Å². The zero-order valence-corrected chi connectivity index (χ0v) is 14.4. The molecule has 3 rings (SSSR count). The van der Waals surface area contributed by atoms with Gasteiger partial charge < -0.3 is 19.9 Å². The SMILES string of the molecule is CCNC(=NCCCc1c(C)noc1C)NC1CC2CCC1O2. The Morgan fingerprint density at radius 2 is 2.22 bits per heavy atom. The summed E-state index contributed by atoms with van der Waals surface area (Å²) in [6, 6.07) is 0.411. The highest BCUT2D eigenvalue weighted by atomic mass is 16.5. The number of ether oxygens (including phenoxy) is 1. The molecule has 3 atom stereocenters. The van der Waals surface area contributed by atoms with Gasteiger partial charge in [0.15, 0.2) is 5.96 Å². The van der Waals surface area contributed by atoms with Crippen molar-refractivity contribution in [3.05, 3.63) is 17.0 Å². The Morgan fingerprint density at radius 1 is 1.35 bits per heavy atom. The Balaban J connectivity index is 1.48. The van der Waals surface area contributed by atoms with E-state index in [1.54, 1.807) is 0 Å². The predicted molar refractivity (Wildman–Crippen MR) is 89.7 cm³/mol. The number of aromatic nitrogens is 1. The average molecular weight is 320 g/mol. The maximum atomic E-state index is 5.90. The molecule has 3 unspecified atom stereocenters. The van der Waals surface area contributed by atoms with Crippen LogP contribution in [-0.4, -0.2) is 42.5 Å². The van der Waals surface area contributed by atoms with E-state index in [1.165, 1.54) is 18.4 Å². The van der Waals surface area contributed by atoms with Gasteiger partial charge in [0.1, 0.15) is 5.76 Å². The van der Waals surface area contributed by atoms with Crippen LogP contribution in [0.3, 0.4) is 0 Å². The van der Waals surface area contributed by atoms with Crippen LogP contribution in [0.15, 0.2) is 9.52 Å². The number of guanidine groups is 1. The molecule has 2 aliphatic heterocycles. The molecule has 2 N–H and O–H groups in total. The van der Waals surface area contributed by atoms with E-state index in [4.69, 9.17) is 14.3 Å². The second-order valence-electron chi connectivity index (χ2n) is 6.53. The molecule has 6 heteroatoms. The average Bonchev–Trinajstić information content (AvgIpc) is 3.22. The zero-order valence-electron chi connectivity index (χ0n) is 14.4. The number of hydrogen-bond acceptors (Lipinski definition) is 4. The van der Waals surface area contributed by atoms with E-state index in [-0.39, 0.29) is 0 Å². The predicted octanol–water partition coefficient (Wildman–Crippen LogP) is 2.10. The largest absolute Gasteiger partial charge is 0.373 e. The van der Waals surface area contributed by atoms with E-state index >= 15 is 0 Å². The van der Waals surface area contributed by atoms with Crippen molar-refractivity contribution < 1.29 is 9.26 Å². The third kappa shape index (κ3) is 3.86. The van der Waals surface area contributed by atoms with Gasteiger partial charge in [-0.15, -0.1) is 0 Å². The smallest absolute Gasteiger partial charge is 0.191 e. The lowest BCUT2D eigenvalue weighted by molar-refractivity contribution is 0.0992. The second kappa shape index (κ2) is 7.34. The minimum Gasteiger partial charge on any atom is -0.373 e. The van der Waals surface area contributed by atoms with Crippen molar-refractivity contribution in [3.8, 4) is 0 Å². The number of nitrogens with zero attached hydrogens (tertiary/aromatic N) is 2. The molecule has 2 aliphatic rings. The maximum absolute atomic E-state index is 5.90. The van der Waals surface area contributed by atoms with Crippen molar-refractivity contribution in [2.45, 2.75) is 71.1 Å². The van der Waals surface area contributed by atoms with E-state index in [2.05, 4.69) is 22.7 Å². The fourth-order valence-electron chi connectivity index (χ4n) is 3.59. The molecule has 0 aromatic carbocycles. The first-order chi connectivity index (χ1) is 11.2. The fraction of sp³-hybridized carbons (Fsp3) is 0.765. The molecule has 0 amide bonds. The van der Waals surface area contributed by atoms with Crippen LogP contribution in [0.1, 0.15) is 49.6 Å². The first-order valence-electron chi connectivity index (χ1n) is 8.79. The quantitative estimate of drug-likeness (QED) is 0.477. The molecule has 0 spiro atoms. The topological polar surface area (TPSA) is 71.7 Å². The summed E-state index contributed by atoms with van der Waals surface area (Å²) in [6.45, 7) is 7.73. The van der Waals surface area contributed by atoms with Crippen molar-refractivity contribution in [3.63, 3.8) is 0 Å². The van der Waals surface area contributed by atoms with Gasteiger partial charge in [0.25, 0.3) is 0 Å². The monoisotopic (exact) mass is 320 g/mol. The maximum Gasteiger partial charge on any atom is 0.191 e. The molecule has 1 aromatic rings. The van der Waals surface area contributed by atoms with Crippen molar-refractivity contribution in [2.24, 2.45) is 4.99 Å². The van der Waals surface area contributed by atoms with Gasteiger partial charge >= 0.3 is 0 Å². The number of hydrogen-bond donors (Lipinski definition) is 2. The van der Waals surface area contributed by atoms with E-state index in [0.717, 1.165) is 49.8 Å². The summed E-state index contributed by atoms with van der Waals surface area (Å²) in [5, 5.41) is 10.9. The fourth-order valence-corrected chi connectivity index (χ4v) is 3.59. The third-order valence-electron chi connectivity index (χ3n) is 4.81. The lowest BCUT2D eigenvalue weighted by atomic mass is 9.96. The Bertz CT molecular complexity index is 535.